The summed E-state index contributed by atoms with van der Waals surface area (Å²) in [6.45, 7) is 3.78. The number of H-pyrrole nitrogens is 1. The Morgan fingerprint density at radius 1 is 1.24 bits per heavy atom. The van der Waals surface area contributed by atoms with Gasteiger partial charge in [-0.1, -0.05) is 29.8 Å². The first-order valence-electron chi connectivity index (χ1n) is 10.8. The van der Waals surface area contributed by atoms with Crippen LogP contribution in [0.4, 0.5) is 8.78 Å². The van der Waals surface area contributed by atoms with Crippen molar-refractivity contribution in [2.75, 3.05) is 12.9 Å². The second kappa shape index (κ2) is 8.89. The van der Waals surface area contributed by atoms with E-state index in [0.29, 0.717) is 30.0 Å². The summed E-state index contributed by atoms with van der Waals surface area (Å²) in [7, 11) is -3.52. The number of hydrogen-bond acceptors (Lipinski definition) is 5. The second-order valence-electron chi connectivity index (χ2n) is 9.50. The molecule has 6 nitrogen and oxygen atoms in total. The zero-order valence-corrected chi connectivity index (χ0v) is 21.5. The van der Waals surface area contributed by atoms with Crippen molar-refractivity contribution in [2.45, 2.75) is 55.7 Å². The summed E-state index contributed by atoms with van der Waals surface area (Å²) in [6.07, 6.45) is -1.81. The minimum Gasteiger partial charge on any atom is -0.493 e. The highest BCUT2D eigenvalue weighted by Crippen LogP contribution is 2.43. The van der Waals surface area contributed by atoms with Gasteiger partial charge in [0.05, 0.1) is 11.5 Å². The smallest absolute Gasteiger partial charge is 0.280 e. The number of nitrogens with one attached hydrogen (secondary N) is 2. The molecule has 0 spiro atoms. The molecular weight excluding hydrogens is 530 g/mol. The molecule has 3 aromatic rings. The predicted molar refractivity (Wildman–Crippen MR) is 130 cm³/mol. The summed E-state index contributed by atoms with van der Waals surface area (Å²) in [5, 5.41) is 14.5. The molecule has 2 aromatic carbocycles. The van der Waals surface area contributed by atoms with E-state index in [4.69, 9.17) is 4.74 Å². The van der Waals surface area contributed by atoms with Gasteiger partial charge in [-0.2, -0.15) is 0 Å². The molecule has 2 heterocycles. The van der Waals surface area contributed by atoms with Crippen LogP contribution in [0.1, 0.15) is 37.1 Å². The molecule has 1 unspecified atom stereocenters. The maximum absolute atomic E-state index is 14.2. The molecule has 0 fully saturated rings. The Labute approximate surface area is 205 Å². The molecule has 0 bridgehead atoms. The molecule has 0 aliphatic carbocycles. The maximum Gasteiger partial charge on any atom is 0.280 e. The van der Waals surface area contributed by atoms with Crippen LogP contribution in [-0.4, -0.2) is 43.5 Å². The Kier molecular flexibility index (Phi) is 6.56. The number of benzene rings is 2. The minimum atomic E-state index is -3.52. The first-order valence-corrected chi connectivity index (χ1v) is 13.5. The van der Waals surface area contributed by atoms with Crippen LogP contribution >= 0.6 is 15.9 Å². The van der Waals surface area contributed by atoms with E-state index >= 15 is 0 Å². The van der Waals surface area contributed by atoms with Crippen LogP contribution in [0.5, 0.6) is 5.75 Å². The molecule has 184 valence electrons. The van der Waals surface area contributed by atoms with E-state index in [1.807, 2.05) is 24.3 Å². The quantitative estimate of drug-likeness (QED) is 0.350. The van der Waals surface area contributed by atoms with Crippen LogP contribution in [0, 0.1) is 0 Å². The fourth-order valence-corrected chi connectivity index (χ4v) is 5.56. The summed E-state index contributed by atoms with van der Waals surface area (Å²) < 4.78 is 59.5. The third-order valence-electron chi connectivity index (χ3n) is 6.21. The lowest BCUT2D eigenvalue weighted by atomic mass is 9.76. The Bertz CT molecular complexity index is 1340. The van der Waals surface area contributed by atoms with E-state index in [0.717, 1.165) is 27.2 Å². The lowest BCUT2D eigenvalue weighted by Gasteiger charge is -2.37. The van der Waals surface area contributed by atoms with E-state index in [-0.39, 0.29) is 17.9 Å². The summed E-state index contributed by atoms with van der Waals surface area (Å²) in [4.78, 5) is 3.27. The lowest BCUT2D eigenvalue weighted by molar-refractivity contribution is -0.134. The van der Waals surface area contributed by atoms with Gasteiger partial charge in [-0.25, -0.2) is 17.2 Å². The van der Waals surface area contributed by atoms with Crippen LogP contribution in [0.2, 0.25) is 0 Å². The van der Waals surface area contributed by atoms with Gasteiger partial charge in [-0.3, -0.25) is 5.32 Å². The predicted octanol–water partition coefficient (Wildman–Crippen LogP) is 4.68. The van der Waals surface area contributed by atoms with Gasteiger partial charge in [0.15, 0.2) is 15.6 Å². The zero-order valence-electron chi connectivity index (χ0n) is 19.1. The minimum absolute atomic E-state index is 0.0127. The van der Waals surface area contributed by atoms with Crippen molar-refractivity contribution in [2.24, 2.45) is 0 Å². The Morgan fingerprint density at radius 2 is 1.97 bits per heavy atom. The third kappa shape index (κ3) is 5.00. The van der Waals surface area contributed by atoms with Crippen LogP contribution in [0.3, 0.4) is 0 Å². The number of aromatic nitrogens is 1. The largest absolute Gasteiger partial charge is 0.493 e. The van der Waals surface area contributed by atoms with Crippen molar-refractivity contribution in [3.63, 3.8) is 0 Å². The van der Waals surface area contributed by atoms with Gasteiger partial charge in [0.1, 0.15) is 5.75 Å². The SMILES string of the molecule is CC(C)(CC(O)(NCc1cc2cc(Br)ccc2[nH]1)C(F)F)c1cc(S(C)(=O)=O)cc2c1OCC2. The first-order chi connectivity index (χ1) is 15.8. The highest BCUT2D eigenvalue weighted by Gasteiger charge is 2.44. The van der Waals surface area contributed by atoms with Gasteiger partial charge < -0.3 is 14.8 Å². The van der Waals surface area contributed by atoms with Gasteiger partial charge >= 0.3 is 0 Å². The van der Waals surface area contributed by atoms with Crippen LogP contribution in [0.15, 0.2) is 45.8 Å². The highest BCUT2D eigenvalue weighted by atomic mass is 79.9. The van der Waals surface area contributed by atoms with E-state index in [9.17, 15) is 22.3 Å². The topological polar surface area (TPSA) is 91.4 Å². The number of rotatable bonds is 8. The molecule has 0 radical (unpaired) electrons. The molecule has 10 heteroatoms. The average Bonchev–Trinajstić information content (AvgIpc) is 3.36. The molecule has 34 heavy (non-hydrogen) atoms. The number of aliphatic hydroxyl groups is 1. The number of aromatic amines is 1. The van der Waals surface area contributed by atoms with Crippen molar-refractivity contribution in [1.29, 1.82) is 0 Å². The summed E-state index contributed by atoms with van der Waals surface area (Å²) in [5.41, 5.74) is -0.838. The van der Waals surface area contributed by atoms with Crippen molar-refractivity contribution < 1.29 is 27.0 Å². The van der Waals surface area contributed by atoms with Crippen molar-refractivity contribution in [1.82, 2.24) is 10.3 Å². The van der Waals surface area contributed by atoms with Gasteiger partial charge in [-0.05, 0) is 47.4 Å². The van der Waals surface area contributed by atoms with Crippen LogP contribution in [-0.2, 0) is 28.2 Å². The molecule has 1 aromatic heterocycles. The fourth-order valence-electron chi connectivity index (χ4n) is 4.49. The molecule has 0 amide bonds. The number of hydrogen-bond donors (Lipinski definition) is 3. The summed E-state index contributed by atoms with van der Waals surface area (Å²) >= 11 is 3.41. The number of fused-ring (bicyclic) bond motifs is 2. The van der Waals surface area contributed by atoms with E-state index in [1.165, 1.54) is 6.07 Å². The van der Waals surface area contributed by atoms with Crippen LogP contribution < -0.4 is 10.1 Å². The summed E-state index contributed by atoms with van der Waals surface area (Å²) in [5.74, 6) is 0.509. The lowest BCUT2D eigenvalue weighted by Crippen LogP contribution is -2.54. The number of ether oxygens (including phenoxy) is 1. The Morgan fingerprint density at radius 3 is 2.65 bits per heavy atom. The van der Waals surface area contributed by atoms with Gasteiger partial charge in [-0.15, -0.1) is 0 Å². The van der Waals surface area contributed by atoms with Crippen molar-refractivity contribution in [3.8, 4) is 5.75 Å². The van der Waals surface area contributed by atoms with Gasteiger partial charge in [0.25, 0.3) is 6.43 Å². The fraction of sp³-hybridized carbons (Fsp3) is 0.417. The maximum atomic E-state index is 14.2. The molecule has 1 aliphatic rings. The molecule has 0 saturated carbocycles. The first kappa shape index (κ1) is 25.1. The normalized spacial score (nSPS) is 16.0. The average molecular weight is 557 g/mol. The monoisotopic (exact) mass is 556 g/mol. The second-order valence-corrected chi connectivity index (χ2v) is 12.4. The van der Waals surface area contributed by atoms with E-state index < -0.39 is 27.4 Å². The molecule has 3 N–H and O–H groups in total. The zero-order chi connectivity index (χ0) is 24.9. The number of halogens is 3. The molecule has 1 atom stereocenters. The van der Waals surface area contributed by atoms with E-state index in [1.54, 1.807) is 19.9 Å². The van der Waals surface area contributed by atoms with Gasteiger partial charge in [0.2, 0.25) is 0 Å². The highest BCUT2D eigenvalue weighted by molar-refractivity contribution is 9.10. The molecular formula is C24H27BrF2N2O4S. The van der Waals surface area contributed by atoms with Crippen molar-refractivity contribution >= 4 is 36.7 Å². The summed E-state index contributed by atoms with van der Waals surface area (Å²) in [6, 6.07) is 10.5. The Hall–Kier alpha value is -2.01. The standard InChI is InChI=1S/C24H27BrF2N2O4S/c1-23(2,19-11-18(34(3,31)32)10-14-6-7-33-21(14)19)13-24(30,22(26)27)28-12-17-9-15-8-16(25)4-5-20(15)29-17/h4-5,8-11,22,28-30H,6-7,12-13H2,1-3H3. The molecule has 0 saturated heterocycles. The van der Waals surface area contributed by atoms with Crippen molar-refractivity contribution in [3.05, 3.63) is 57.7 Å². The number of sulfone groups is 1. The van der Waals surface area contributed by atoms with E-state index in [2.05, 4.69) is 26.2 Å². The van der Waals surface area contributed by atoms with Gasteiger partial charge in [0, 0.05) is 52.3 Å². The third-order valence-corrected chi connectivity index (χ3v) is 7.80. The number of alkyl halides is 2. The Balaban J connectivity index is 1.63. The van der Waals surface area contributed by atoms with Crippen LogP contribution in [0.25, 0.3) is 10.9 Å². The molecule has 4 rings (SSSR count). The molecule has 1 aliphatic heterocycles.